The number of benzene rings is 2. The third kappa shape index (κ3) is 3.64. The molecule has 1 atom stereocenters. The molecule has 3 aromatic rings. The number of pyridine rings is 1. The fraction of sp³-hybridized carbons (Fsp3) is 0.238. The van der Waals surface area contributed by atoms with Crippen LogP contribution in [0.4, 0.5) is 0 Å². The number of hydrogen-bond acceptors (Lipinski definition) is 6. The summed E-state index contributed by atoms with van der Waals surface area (Å²) < 4.78 is 10.2. The van der Waals surface area contributed by atoms with Crippen molar-refractivity contribution in [1.82, 2.24) is 4.98 Å². The number of carbonyl (C=O) groups is 1. The fourth-order valence-corrected chi connectivity index (χ4v) is 3.25. The maximum atomic E-state index is 12.8. The summed E-state index contributed by atoms with van der Waals surface area (Å²) in [5, 5.41) is 21.2. The zero-order valence-corrected chi connectivity index (χ0v) is 15.6. The predicted molar refractivity (Wildman–Crippen MR) is 104 cm³/mol. The van der Waals surface area contributed by atoms with Crippen LogP contribution in [0, 0.1) is 0 Å². The molecule has 0 fully saturated rings. The van der Waals surface area contributed by atoms with Crippen molar-refractivity contribution in [3.05, 3.63) is 63.9 Å². The minimum absolute atomic E-state index is 0.0551. The number of aromatic nitrogens is 1. The molecule has 0 aliphatic rings. The van der Waals surface area contributed by atoms with Crippen LogP contribution in [0.5, 0.6) is 17.2 Å². The average Bonchev–Trinajstić information content (AvgIpc) is 2.68. The predicted octanol–water partition coefficient (Wildman–Crippen LogP) is 3.03. The maximum absolute atomic E-state index is 12.8. The van der Waals surface area contributed by atoms with Crippen molar-refractivity contribution in [3.8, 4) is 17.2 Å². The standard InChI is InChI=1S/C21H21NO6/c1-3-28-18(24)11-14(12-8-9-16(23)17(10-12)27-2)19-20(25)13-6-4-5-7-15(13)22-21(19)26/h4-10,14,23H,3,11H2,1-2H3,(H2,22,25,26). The van der Waals surface area contributed by atoms with Crippen LogP contribution in [0.2, 0.25) is 0 Å². The van der Waals surface area contributed by atoms with Gasteiger partial charge in [0.1, 0.15) is 5.75 Å². The number of nitrogens with one attached hydrogen (secondary N) is 1. The number of hydrogen-bond donors (Lipinski definition) is 3. The van der Waals surface area contributed by atoms with Gasteiger partial charge >= 0.3 is 5.97 Å². The first-order chi connectivity index (χ1) is 13.5. The van der Waals surface area contributed by atoms with E-state index >= 15 is 0 Å². The molecular formula is C21H21NO6. The van der Waals surface area contributed by atoms with Crippen molar-refractivity contribution >= 4 is 16.9 Å². The van der Waals surface area contributed by atoms with Gasteiger partial charge in [0.2, 0.25) is 0 Å². The Balaban J connectivity index is 2.21. The Kier molecular flexibility index (Phi) is 5.54. The molecule has 0 saturated carbocycles. The van der Waals surface area contributed by atoms with E-state index in [4.69, 9.17) is 9.47 Å². The van der Waals surface area contributed by atoms with E-state index in [0.717, 1.165) is 0 Å². The van der Waals surface area contributed by atoms with Crippen LogP contribution in [0.3, 0.4) is 0 Å². The smallest absolute Gasteiger partial charge is 0.306 e. The summed E-state index contributed by atoms with van der Waals surface area (Å²) in [4.78, 5) is 27.7. The van der Waals surface area contributed by atoms with E-state index in [1.54, 1.807) is 37.3 Å². The first-order valence-electron chi connectivity index (χ1n) is 8.82. The number of carbonyl (C=O) groups excluding carboxylic acids is 1. The molecule has 7 nitrogen and oxygen atoms in total. The zero-order chi connectivity index (χ0) is 20.3. The molecule has 1 unspecified atom stereocenters. The highest BCUT2D eigenvalue weighted by molar-refractivity contribution is 5.86. The summed E-state index contributed by atoms with van der Waals surface area (Å²) in [7, 11) is 1.40. The van der Waals surface area contributed by atoms with E-state index in [2.05, 4.69) is 4.98 Å². The number of fused-ring (bicyclic) bond motifs is 1. The lowest BCUT2D eigenvalue weighted by Crippen LogP contribution is -2.21. The molecule has 1 aromatic heterocycles. The molecule has 3 rings (SSSR count). The van der Waals surface area contributed by atoms with Gasteiger partial charge in [-0.05, 0) is 36.8 Å². The molecule has 0 spiro atoms. The summed E-state index contributed by atoms with van der Waals surface area (Å²) >= 11 is 0. The lowest BCUT2D eigenvalue weighted by molar-refractivity contribution is -0.143. The summed E-state index contributed by atoms with van der Waals surface area (Å²) in [6.07, 6.45) is -0.156. The maximum Gasteiger partial charge on any atom is 0.306 e. The molecule has 1 heterocycles. The van der Waals surface area contributed by atoms with Gasteiger partial charge in [-0.25, -0.2) is 0 Å². The molecule has 0 aliphatic heterocycles. The Bertz CT molecular complexity index is 1070. The van der Waals surface area contributed by atoms with Crippen molar-refractivity contribution in [2.75, 3.05) is 13.7 Å². The Morgan fingerprint density at radius 2 is 1.93 bits per heavy atom. The minimum Gasteiger partial charge on any atom is -0.507 e. The lowest BCUT2D eigenvalue weighted by Gasteiger charge is -2.19. The third-order valence-electron chi connectivity index (χ3n) is 4.56. The van der Waals surface area contributed by atoms with E-state index in [0.29, 0.717) is 16.5 Å². The fourth-order valence-electron chi connectivity index (χ4n) is 3.25. The van der Waals surface area contributed by atoms with Crippen molar-refractivity contribution < 1.29 is 24.5 Å². The van der Waals surface area contributed by atoms with Crippen molar-refractivity contribution in [1.29, 1.82) is 0 Å². The van der Waals surface area contributed by atoms with E-state index in [9.17, 15) is 19.8 Å². The van der Waals surface area contributed by atoms with E-state index < -0.39 is 17.4 Å². The topological polar surface area (TPSA) is 109 Å². The average molecular weight is 383 g/mol. The molecule has 2 aromatic carbocycles. The summed E-state index contributed by atoms with van der Waals surface area (Å²) in [6.45, 7) is 1.89. The van der Waals surface area contributed by atoms with Crippen molar-refractivity contribution in [3.63, 3.8) is 0 Å². The van der Waals surface area contributed by atoms with Gasteiger partial charge in [0.05, 0.1) is 31.2 Å². The van der Waals surface area contributed by atoms with Gasteiger partial charge in [-0.15, -0.1) is 0 Å². The normalized spacial score (nSPS) is 11.9. The number of esters is 1. The zero-order valence-electron chi connectivity index (χ0n) is 15.6. The molecule has 28 heavy (non-hydrogen) atoms. The minimum atomic E-state index is -0.790. The molecule has 0 bridgehead atoms. The second-order valence-corrected chi connectivity index (χ2v) is 6.26. The number of para-hydroxylation sites is 1. The second-order valence-electron chi connectivity index (χ2n) is 6.26. The van der Waals surface area contributed by atoms with Gasteiger partial charge in [0.25, 0.3) is 5.56 Å². The molecule has 146 valence electrons. The number of rotatable bonds is 6. The number of methoxy groups -OCH3 is 1. The molecule has 0 saturated heterocycles. The van der Waals surface area contributed by atoms with Crippen molar-refractivity contribution in [2.45, 2.75) is 19.3 Å². The number of aromatic hydroxyl groups is 2. The molecule has 7 heteroatoms. The highest BCUT2D eigenvalue weighted by Crippen LogP contribution is 2.38. The first-order valence-corrected chi connectivity index (χ1v) is 8.82. The molecule has 0 radical (unpaired) electrons. The van der Waals surface area contributed by atoms with Gasteiger partial charge < -0.3 is 24.7 Å². The molecular weight excluding hydrogens is 362 g/mol. The first kappa shape index (κ1) is 19.3. The van der Waals surface area contributed by atoms with Gasteiger partial charge in [0.15, 0.2) is 11.5 Å². The summed E-state index contributed by atoms with van der Waals surface area (Å²) in [5.41, 5.74) is 0.572. The van der Waals surface area contributed by atoms with Gasteiger partial charge in [-0.2, -0.15) is 0 Å². The molecule has 3 N–H and O–H groups in total. The number of phenols is 1. The Morgan fingerprint density at radius 1 is 1.18 bits per heavy atom. The summed E-state index contributed by atoms with van der Waals surface area (Å²) in [5.74, 6) is -1.37. The van der Waals surface area contributed by atoms with E-state index in [1.165, 1.54) is 19.2 Å². The van der Waals surface area contributed by atoms with Crippen LogP contribution in [0.25, 0.3) is 10.9 Å². The van der Waals surface area contributed by atoms with Crippen LogP contribution >= 0.6 is 0 Å². The SMILES string of the molecule is CCOC(=O)CC(c1ccc(O)c(OC)c1)c1c(O)c2ccccc2[nH]c1=O. The van der Waals surface area contributed by atoms with Crippen LogP contribution in [-0.2, 0) is 9.53 Å². The van der Waals surface area contributed by atoms with E-state index in [1.807, 2.05) is 0 Å². The van der Waals surface area contributed by atoms with Crippen LogP contribution in [-0.4, -0.2) is 34.9 Å². The Labute approximate surface area is 161 Å². The Morgan fingerprint density at radius 3 is 2.64 bits per heavy atom. The van der Waals surface area contributed by atoms with E-state index in [-0.39, 0.29) is 35.8 Å². The quantitative estimate of drug-likeness (QED) is 0.565. The third-order valence-corrected chi connectivity index (χ3v) is 4.56. The monoisotopic (exact) mass is 383 g/mol. The number of ether oxygens (including phenoxy) is 2. The Hall–Kier alpha value is -3.48. The summed E-state index contributed by atoms with van der Waals surface area (Å²) in [6, 6.07) is 11.4. The number of H-pyrrole nitrogens is 1. The molecule has 0 aliphatic carbocycles. The van der Waals surface area contributed by atoms with Crippen LogP contribution in [0.1, 0.15) is 30.4 Å². The number of aromatic amines is 1. The van der Waals surface area contributed by atoms with Crippen LogP contribution < -0.4 is 10.3 Å². The van der Waals surface area contributed by atoms with Gasteiger partial charge in [0, 0.05) is 11.3 Å². The largest absolute Gasteiger partial charge is 0.507 e. The van der Waals surface area contributed by atoms with Crippen molar-refractivity contribution in [2.24, 2.45) is 0 Å². The second kappa shape index (κ2) is 8.04. The van der Waals surface area contributed by atoms with Gasteiger partial charge in [-0.1, -0.05) is 18.2 Å². The van der Waals surface area contributed by atoms with Gasteiger partial charge in [-0.3, -0.25) is 9.59 Å². The highest BCUT2D eigenvalue weighted by atomic mass is 16.5. The molecule has 0 amide bonds. The van der Waals surface area contributed by atoms with Crippen LogP contribution in [0.15, 0.2) is 47.3 Å². The number of phenolic OH excluding ortho intramolecular Hbond substituents is 1. The highest BCUT2D eigenvalue weighted by Gasteiger charge is 2.27. The lowest BCUT2D eigenvalue weighted by atomic mass is 9.87.